The van der Waals surface area contributed by atoms with E-state index in [-0.39, 0.29) is 0 Å². The fraction of sp³-hybridized carbons (Fsp3) is 0.214. The highest BCUT2D eigenvalue weighted by atomic mass is 16.1. The van der Waals surface area contributed by atoms with Crippen LogP contribution in [0.1, 0.15) is 11.1 Å². The Kier molecular flexibility index (Phi) is 3.13. The average molecular weight is 211 g/mol. The van der Waals surface area contributed by atoms with Crippen molar-refractivity contribution in [2.45, 2.75) is 13.3 Å². The van der Waals surface area contributed by atoms with Gasteiger partial charge in [0.05, 0.1) is 6.54 Å². The predicted molar refractivity (Wildman–Crippen MR) is 65.4 cm³/mol. The molecular formula is C14H13NO. The maximum Gasteiger partial charge on any atom is 0.234 e. The van der Waals surface area contributed by atoms with E-state index in [1.807, 2.05) is 12.1 Å². The SMILES string of the molecule is Cc1ccc(CCN=C=O)c2ccccc12. The first-order valence-electron chi connectivity index (χ1n) is 5.34. The Balaban J connectivity index is 2.45. The van der Waals surface area contributed by atoms with Gasteiger partial charge in [0.2, 0.25) is 6.08 Å². The van der Waals surface area contributed by atoms with Crippen LogP contribution in [0.3, 0.4) is 0 Å². The summed E-state index contributed by atoms with van der Waals surface area (Å²) in [6.07, 6.45) is 2.36. The molecular weight excluding hydrogens is 198 g/mol. The van der Waals surface area contributed by atoms with Crippen molar-refractivity contribution in [2.24, 2.45) is 4.99 Å². The third-order valence-corrected chi connectivity index (χ3v) is 2.79. The fourth-order valence-corrected chi connectivity index (χ4v) is 1.95. The van der Waals surface area contributed by atoms with Crippen LogP contribution in [-0.2, 0) is 11.2 Å². The zero-order valence-corrected chi connectivity index (χ0v) is 9.23. The van der Waals surface area contributed by atoms with E-state index in [1.54, 1.807) is 6.08 Å². The molecule has 0 N–H and O–H groups in total. The Labute approximate surface area is 94.6 Å². The Hall–Kier alpha value is -1.92. The second-order valence-electron chi connectivity index (χ2n) is 3.81. The summed E-state index contributed by atoms with van der Waals surface area (Å²) in [7, 11) is 0. The van der Waals surface area contributed by atoms with Crippen molar-refractivity contribution in [1.29, 1.82) is 0 Å². The molecule has 0 saturated heterocycles. The third kappa shape index (κ3) is 2.02. The highest BCUT2D eigenvalue weighted by Crippen LogP contribution is 2.22. The lowest BCUT2D eigenvalue weighted by Crippen LogP contribution is -1.92. The summed E-state index contributed by atoms with van der Waals surface area (Å²) < 4.78 is 0. The van der Waals surface area contributed by atoms with E-state index >= 15 is 0 Å². The van der Waals surface area contributed by atoms with Crippen LogP contribution in [0, 0.1) is 6.92 Å². The third-order valence-electron chi connectivity index (χ3n) is 2.79. The predicted octanol–water partition coefficient (Wildman–Crippen LogP) is 3.03. The van der Waals surface area contributed by atoms with E-state index in [1.165, 1.54) is 21.9 Å². The summed E-state index contributed by atoms with van der Waals surface area (Å²) >= 11 is 0. The van der Waals surface area contributed by atoms with Crippen LogP contribution in [0.5, 0.6) is 0 Å². The molecule has 0 aliphatic heterocycles. The number of aryl methyl sites for hydroxylation is 1. The van der Waals surface area contributed by atoms with Gasteiger partial charge in [0.25, 0.3) is 0 Å². The molecule has 0 saturated carbocycles. The Morgan fingerprint density at radius 3 is 2.62 bits per heavy atom. The number of carbonyl (C=O) groups excluding carboxylic acids is 1. The van der Waals surface area contributed by atoms with E-state index in [4.69, 9.17) is 0 Å². The summed E-state index contributed by atoms with van der Waals surface area (Å²) in [6.45, 7) is 2.62. The number of hydrogen-bond donors (Lipinski definition) is 0. The van der Waals surface area contributed by atoms with Gasteiger partial charge < -0.3 is 0 Å². The Bertz CT molecular complexity index is 554. The van der Waals surface area contributed by atoms with Gasteiger partial charge in [0, 0.05) is 0 Å². The molecule has 2 rings (SSSR count). The van der Waals surface area contributed by atoms with E-state index < -0.39 is 0 Å². The molecule has 0 spiro atoms. The minimum Gasteiger partial charge on any atom is -0.211 e. The summed E-state index contributed by atoms with van der Waals surface area (Å²) in [5.41, 5.74) is 2.51. The fourth-order valence-electron chi connectivity index (χ4n) is 1.95. The van der Waals surface area contributed by atoms with Crippen LogP contribution in [0.25, 0.3) is 10.8 Å². The Morgan fingerprint density at radius 2 is 1.88 bits per heavy atom. The van der Waals surface area contributed by atoms with E-state index in [9.17, 15) is 4.79 Å². The second-order valence-corrected chi connectivity index (χ2v) is 3.81. The lowest BCUT2D eigenvalue weighted by molar-refractivity contribution is 0.563. The molecule has 2 nitrogen and oxygen atoms in total. The number of aliphatic imine (C=N–C) groups is 1. The maximum atomic E-state index is 10.0. The molecule has 0 unspecified atom stereocenters. The molecule has 0 aliphatic carbocycles. The number of hydrogen-bond acceptors (Lipinski definition) is 2. The van der Waals surface area contributed by atoms with Crippen molar-refractivity contribution in [1.82, 2.24) is 0 Å². The molecule has 0 heterocycles. The van der Waals surface area contributed by atoms with E-state index in [0.29, 0.717) is 6.54 Å². The van der Waals surface area contributed by atoms with Crippen molar-refractivity contribution in [3.05, 3.63) is 47.5 Å². The zero-order chi connectivity index (χ0) is 11.4. The van der Waals surface area contributed by atoms with E-state index in [0.717, 1.165) is 6.42 Å². The van der Waals surface area contributed by atoms with Gasteiger partial charge in [-0.3, -0.25) is 0 Å². The molecule has 0 fully saturated rings. The smallest absolute Gasteiger partial charge is 0.211 e. The highest BCUT2D eigenvalue weighted by molar-refractivity contribution is 5.88. The van der Waals surface area contributed by atoms with Gasteiger partial charge in [-0.2, -0.15) is 0 Å². The first kappa shape index (κ1) is 10.6. The van der Waals surface area contributed by atoms with Crippen molar-refractivity contribution >= 4 is 16.9 Å². The highest BCUT2D eigenvalue weighted by Gasteiger charge is 2.02. The molecule has 2 aromatic rings. The van der Waals surface area contributed by atoms with Gasteiger partial charge in [0.15, 0.2) is 0 Å². The van der Waals surface area contributed by atoms with Crippen molar-refractivity contribution in [3.63, 3.8) is 0 Å². The number of isocyanates is 1. The van der Waals surface area contributed by atoms with E-state index in [2.05, 4.69) is 36.2 Å². The van der Waals surface area contributed by atoms with Crippen molar-refractivity contribution in [3.8, 4) is 0 Å². The normalized spacial score (nSPS) is 10.1. The minimum absolute atomic E-state index is 0.510. The van der Waals surface area contributed by atoms with Gasteiger partial charge >= 0.3 is 0 Å². The molecule has 2 heteroatoms. The molecule has 0 atom stereocenters. The standard InChI is InChI=1S/C14H13NO/c1-11-6-7-12(8-9-15-10-16)14-5-3-2-4-13(11)14/h2-7H,8-9H2,1H3. The average Bonchev–Trinajstić information content (AvgIpc) is 2.33. The molecule has 0 aromatic heterocycles. The van der Waals surface area contributed by atoms with Gasteiger partial charge in [-0.25, -0.2) is 9.79 Å². The summed E-state index contributed by atoms with van der Waals surface area (Å²) in [5.74, 6) is 0. The summed E-state index contributed by atoms with van der Waals surface area (Å²) in [6, 6.07) is 12.5. The number of fused-ring (bicyclic) bond motifs is 1. The number of benzene rings is 2. The molecule has 16 heavy (non-hydrogen) atoms. The van der Waals surface area contributed by atoms with Crippen molar-refractivity contribution in [2.75, 3.05) is 6.54 Å². The van der Waals surface area contributed by atoms with Gasteiger partial charge in [-0.15, -0.1) is 0 Å². The first-order valence-corrected chi connectivity index (χ1v) is 5.34. The van der Waals surface area contributed by atoms with Gasteiger partial charge in [-0.05, 0) is 35.2 Å². The van der Waals surface area contributed by atoms with Crippen LogP contribution in [0.4, 0.5) is 0 Å². The van der Waals surface area contributed by atoms with Crippen LogP contribution < -0.4 is 0 Å². The van der Waals surface area contributed by atoms with Crippen LogP contribution in [0.2, 0.25) is 0 Å². The molecule has 0 amide bonds. The summed E-state index contributed by atoms with van der Waals surface area (Å²) in [5, 5.41) is 2.53. The molecule has 2 aromatic carbocycles. The largest absolute Gasteiger partial charge is 0.234 e. The molecule has 80 valence electrons. The topological polar surface area (TPSA) is 29.4 Å². The first-order chi connectivity index (χ1) is 7.83. The second kappa shape index (κ2) is 4.73. The van der Waals surface area contributed by atoms with Gasteiger partial charge in [-0.1, -0.05) is 36.4 Å². The van der Waals surface area contributed by atoms with Gasteiger partial charge in [0.1, 0.15) is 0 Å². The molecule has 0 bridgehead atoms. The quantitative estimate of drug-likeness (QED) is 0.566. The lowest BCUT2D eigenvalue weighted by atomic mass is 9.99. The lowest BCUT2D eigenvalue weighted by Gasteiger charge is -2.07. The maximum absolute atomic E-state index is 10.0. The molecule has 0 aliphatic rings. The molecule has 0 radical (unpaired) electrons. The monoisotopic (exact) mass is 211 g/mol. The summed E-state index contributed by atoms with van der Waals surface area (Å²) in [4.78, 5) is 13.6. The number of rotatable bonds is 3. The van der Waals surface area contributed by atoms with Crippen LogP contribution >= 0.6 is 0 Å². The number of nitrogens with zero attached hydrogens (tertiary/aromatic N) is 1. The van der Waals surface area contributed by atoms with Crippen LogP contribution in [0.15, 0.2) is 41.4 Å². The zero-order valence-electron chi connectivity index (χ0n) is 9.23. The van der Waals surface area contributed by atoms with Crippen molar-refractivity contribution < 1.29 is 4.79 Å². The Morgan fingerprint density at radius 1 is 1.12 bits per heavy atom. The minimum atomic E-state index is 0.510. The van der Waals surface area contributed by atoms with Crippen LogP contribution in [-0.4, -0.2) is 12.6 Å².